The largest absolute Gasteiger partial charge is 0.353 e. The van der Waals surface area contributed by atoms with Crippen LogP contribution in [-0.4, -0.2) is 59.5 Å². The van der Waals surface area contributed by atoms with E-state index < -0.39 is 0 Å². The second-order valence-electron chi connectivity index (χ2n) is 6.37. The lowest BCUT2D eigenvalue weighted by molar-refractivity contribution is 0.0919. The van der Waals surface area contributed by atoms with E-state index >= 15 is 0 Å². The molecule has 1 fully saturated rings. The number of hydrogen-bond acceptors (Lipinski definition) is 5. The highest BCUT2D eigenvalue weighted by atomic mass is 35.5. The molecule has 0 saturated carbocycles. The quantitative estimate of drug-likeness (QED) is 0.837. The van der Waals surface area contributed by atoms with Crippen LogP contribution in [-0.2, 0) is 0 Å². The van der Waals surface area contributed by atoms with Gasteiger partial charge in [0.15, 0.2) is 0 Å². The highest BCUT2D eigenvalue weighted by Gasteiger charge is 2.24. The molecule has 2 rings (SSSR count). The van der Waals surface area contributed by atoms with Crippen LogP contribution in [0.15, 0.2) is 6.20 Å². The first-order valence-corrected chi connectivity index (χ1v) is 7.42. The van der Waals surface area contributed by atoms with Crippen LogP contribution in [0.25, 0.3) is 0 Å². The summed E-state index contributed by atoms with van der Waals surface area (Å²) in [6, 6.07) is 0. The predicted octanol–water partition coefficient (Wildman–Crippen LogP) is 1.41. The molecule has 21 heavy (non-hydrogen) atoms. The molecular weight excluding hydrogens is 290 g/mol. The zero-order valence-corrected chi connectivity index (χ0v) is 13.7. The standard InChI is InChI=1S/C14H22ClN5O/c1-14(2,3)18-12(21)10-9-16-13(15)17-11(10)20-7-5-19(4)6-8-20/h9H,5-8H2,1-4H3,(H,18,21). The molecule has 7 heteroatoms. The number of amides is 1. The summed E-state index contributed by atoms with van der Waals surface area (Å²) < 4.78 is 0. The zero-order valence-electron chi connectivity index (χ0n) is 13.0. The van der Waals surface area contributed by atoms with Gasteiger partial charge >= 0.3 is 0 Å². The normalized spacial score (nSPS) is 16.9. The maximum Gasteiger partial charge on any atom is 0.257 e. The fourth-order valence-corrected chi connectivity index (χ4v) is 2.31. The summed E-state index contributed by atoms with van der Waals surface area (Å²) >= 11 is 5.91. The van der Waals surface area contributed by atoms with E-state index in [1.54, 1.807) is 0 Å². The predicted molar refractivity (Wildman–Crippen MR) is 84.0 cm³/mol. The Balaban J connectivity index is 2.27. The van der Waals surface area contributed by atoms with Crippen LogP contribution in [0.5, 0.6) is 0 Å². The summed E-state index contributed by atoms with van der Waals surface area (Å²) in [5.74, 6) is 0.443. The van der Waals surface area contributed by atoms with Crippen LogP contribution < -0.4 is 10.2 Å². The first kappa shape index (κ1) is 16.0. The second kappa shape index (κ2) is 6.15. The Kier molecular flexibility index (Phi) is 4.68. The molecule has 1 saturated heterocycles. The van der Waals surface area contributed by atoms with Gasteiger partial charge in [0.25, 0.3) is 5.91 Å². The van der Waals surface area contributed by atoms with Crippen molar-refractivity contribution >= 4 is 23.3 Å². The third-order valence-corrected chi connectivity index (χ3v) is 3.46. The highest BCUT2D eigenvalue weighted by Crippen LogP contribution is 2.21. The number of nitrogens with zero attached hydrogens (tertiary/aromatic N) is 4. The Morgan fingerprint density at radius 2 is 1.90 bits per heavy atom. The number of likely N-dealkylation sites (N-methyl/N-ethyl adjacent to an activating group) is 1. The molecule has 0 spiro atoms. The maximum atomic E-state index is 12.4. The number of aromatic nitrogens is 2. The van der Waals surface area contributed by atoms with E-state index in [0.717, 1.165) is 26.2 Å². The molecule has 1 aromatic heterocycles. The van der Waals surface area contributed by atoms with Crippen LogP contribution in [0.3, 0.4) is 0 Å². The second-order valence-corrected chi connectivity index (χ2v) is 6.71. The Labute approximate surface area is 130 Å². The summed E-state index contributed by atoms with van der Waals surface area (Å²) in [6.07, 6.45) is 1.50. The van der Waals surface area contributed by atoms with Gasteiger partial charge in [0.05, 0.1) is 0 Å². The van der Waals surface area contributed by atoms with Crippen LogP contribution in [0, 0.1) is 0 Å². The van der Waals surface area contributed by atoms with Crippen molar-refractivity contribution in [3.8, 4) is 0 Å². The third-order valence-electron chi connectivity index (χ3n) is 3.28. The van der Waals surface area contributed by atoms with Crippen LogP contribution in [0.4, 0.5) is 5.82 Å². The van der Waals surface area contributed by atoms with Gasteiger partial charge in [0.2, 0.25) is 5.28 Å². The number of anilines is 1. The van der Waals surface area contributed by atoms with Crippen LogP contribution in [0.1, 0.15) is 31.1 Å². The zero-order chi connectivity index (χ0) is 15.6. The van der Waals surface area contributed by atoms with Crippen molar-refractivity contribution in [2.75, 3.05) is 38.1 Å². The fraction of sp³-hybridized carbons (Fsp3) is 0.643. The fourth-order valence-electron chi connectivity index (χ4n) is 2.18. The van der Waals surface area contributed by atoms with Gasteiger partial charge < -0.3 is 15.1 Å². The van der Waals surface area contributed by atoms with Crippen molar-refractivity contribution in [1.29, 1.82) is 0 Å². The molecule has 1 aliphatic heterocycles. The SMILES string of the molecule is CN1CCN(c2nc(Cl)ncc2C(=O)NC(C)(C)C)CC1. The topological polar surface area (TPSA) is 61.4 Å². The molecule has 0 atom stereocenters. The number of rotatable bonds is 2. The van der Waals surface area contributed by atoms with E-state index in [0.29, 0.717) is 11.4 Å². The average molecular weight is 312 g/mol. The lowest BCUT2D eigenvalue weighted by atomic mass is 10.1. The van der Waals surface area contributed by atoms with E-state index in [1.807, 2.05) is 20.8 Å². The number of hydrogen-bond donors (Lipinski definition) is 1. The monoisotopic (exact) mass is 311 g/mol. The first-order chi connectivity index (χ1) is 9.76. The third kappa shape index (κ3) is 4.28. The van der Waals surface area contributed by atoms with Crippen molar-refractivity contribution < 1.29 is 4.79 Å². The summed E-state index contributed by atoms with van der Waals surface area (Å²) in [5, 5.41) is 3.11. The Morgan fingerprint density at radius 1 is 1.29 bits per heavy atom. The number of piperazine rings is 1. The lowest BCUT2D eigenvalue weighted by Crippen LogP contribution is -2.46. The van der Waals surface area contributed by atoms with E-state index in [9.17, 15) is 4.79 Å². The average Bonchev–Trinajstić information content (AvgIpc) is 2.37. The molecular formula is C14H22ClN5O. The smallest absolute Gasteiger partial charge is 0.257 e. The minimum Gasteiger partial charge on any atom is -0.353 e. The molecule has 0 radical (unpaired) electrons. The Bertz CT molecular complexity index is 521. The summed E-state index contributed by atoms with van der Waals surface area (Å²) in [6.45, 7) is 9.33. The van der Waals surface area contributed by atoms with E-state index in [-0.39, 0.29) is 16.7 Å². The summed E-state index contributed by atoms with van der Waals surface area (Å²) in [4.78, 5) is 25.0. The maximum absolute atomic E-state index is 12.4. The van der Waals surface area contributed by atoms with Crippen molar-refractivity contribution in [1.82, 2.24) is 20.2 Å². The molecule has 1 aromatic rings. The summed E-state index contributed by atoms with van der Waals surface area (Å²) in [7, 11) is 2.08. The van der Waals surface area contributed by atoms with Crippen molar-refractivity contribution in [2.24, 2.45) is 0 Å². The number of carbonyl (C=O) groups is 1. The Hall–Kier alpha value is -1.40. The van der Waals surface area contributed by atoms with Gasteiger partial charge in [-0.1, -0.05) is 0 Å². The molecule has 0 aliphatic carbocycles. The van der Waals surface area contributed by atoms with Crippen LogP contribution in [0.2, 0.25) is 5.28 Å². The molecule has 0 bridgehead atoms. The van der Waals surface area contributed by atoms with Crippen molar-refractivity contribution in [3.05, 3.63) is 17.0 Å². The van der Waals surface area contributed by atoms with E-state index in [4.69, 9.17) is 11.6 Å². The van der Waals surface area contributed by atoms with Gasteiger partial charge in [-0.05, 0) is 39.4 Å². The molecule has 1 amide bonds. The molecule has 6 nitrogen and oxygen atoms in total. The number of halogens is 1. The highest BCUT2D eigenvalue weighted by molar-refractivity contribution is 6.28. The van der Waals surface area contributed by atoms with Gasteiger partial charge in [-0.15, -0.1) is 0 Å². The number of nitrogens with one attached hydrogen (secondary N) is 1. The van der Waals surface area contributed by atoms with Gasteiger partial charge in [-0.25, -0.2) is 4.98 Å². The molecule has 0 aromatic carbocycles. The van der Waals surface area contributed by atoms with Crippen LogP contribution >= 0.6 is 11.6 Å². The molecule has 1 N–H and O–H groups in total. The molecule has 1 aliphatic rings. The molecule has 0 unspecified atom stereocenters. The minimum absolute atomic E-state index is 0.163. The van der Waals surface area contributed by atoms with Gasteiger partial charge in [-0.2, -0.15) is 4.98 Å². The van der Waals surface area contributed by atoms with Gasteiger partial charge in [0.1, 0.15) is 11.4 Å². The molecule has 116 valence electrons. The van der Waals surface area contributed by atoms with Gasteiger partial charge in [0, 0.05) is 37.9 Å². The van der Waals surface area contributed by atoms with E-state index in [2.05, 4.69) is 32.1 Å². The summed E-state index contributed by atoms with van der Waals surface area (Å²) in [5.41, 5.74) is 0.162. The lowest BCUT2D eigenvalue weighted by Gasteiger charge is -2.34. The van der Waals surface area contributed by atoms with Crippen molar-refractivity contribution in [2.45, 2.75) is 26.3 Å². The minimum atomic E-state index is -0.309. The Morgan fingerprint density at radius 3 is 2.48 bits per heavy atom. The van der Waals surface area contributed by atoms with E-state index in [1.165, 1.54) is 6.20 Å². The molecule has 2 heterocycles. The van der Waals surface area contributed by atoms with Gasteiger partial charge in [-0.3, -0.25) is 4.79 Å². The number of carbonyl (C=O) groups excluding carboxylic acids is 1. The first-order valence-electron chi connectivity index (χ1n) is 7.05. The van der Waals surface area contributed by atoms with Crippen molar-refractivity contribution in [3.63, 3.8) is 0 Å².